The van der Waals surface area contributed by atoms with Crippen LogP contribution in [0.4, 0.5) is 16.2 Å². The Hall–Kier alpha value is -2.08. The topological polar surface area (TPSA) is 70.7 Å². The van der Waals surface area contributed by atoms with Crippen molar-refractivity contribution < 1.29 is 14.3 Å². The molecule has 2 rings (SSSR count). The first-order valence-corrected chi connectivity index (χ1v) is 9.03. The van der Waals surface area contributed by atoms with Gasteiger partial charge in [-0.2, -0.15) is 0 Å². The van der Waals surface area contributed by atoms with Gasteiger partial charge in [-0.3, -0.25) is 4.79 Å². The number of carbonyl (C=O) groups is 2. The largest absolute Gasteiger partial charge is 0.375 e. The van der Waals surface area contributed by atoms with Crippen molar-refractivity contribution >= 4 is 23.3 Å². The Morgan fingerprint density at radius 3 is 2.32 bits per heavy atom. The molecule has 0 radical (unpaired) electrons. The summed E-state index contributed by atoms with van der Waals surface area (Å²) in [6.07, 6.45) is 8.33. The summed E-state index contributed by atoms with van der Waals surface area (Å²) in [5.41, 5.74) is 1.30. The molecular formula is C19H29N3O3. The predicted molar refractivity (Wildman–Crippen MR) is 99.8 cm³/mol. The Morgan fingerprint density at radius 2 is 1.68 bits per heavy atom. The van der Waals surface area contributed by atoms with Crippen LogP contribution in [0.15, 0.2) is 24.3 Å². The van der Waals surface area contributed by atoms with Gasteiger partial charge >= 0.3 is 6.03 Å². The molecule has 0 heterocycles. The Labute approximate surface area is 149 Å². The van der Waals surface area contributed by atoms with E-state index in [0.29, 0.717) is 17.4 Å². The van der Waals surface area contributed by atoms with Crippen molar-refractivity contribution in [2.24, 2.45) is 0 Å². The van der Waals surface area contributed by atoms with Gasteiger partial charge in [-0.05, 0) is 31.0 Å². The molecule has 1 fully saturated rings. The molecule has 1 aliphatic rings. The highest BCUT2D eigenvalue weighted by Crippen LogP contribution is 2.22. The van der Waals surface area contributed by atoms with Crippen molar-refractivity contribution in [2.75, 3.05) is 31.4 Å². The lowest BCUT2D eigenvalue weighted by Gasteiger charge is -2.30. The molecule has 0 spiro atoms. The Morgan fingerprint density at radius 1 is 1.08 bits per heavy atom. The molecule has 0 aromatic heterocycles. The number of anilines is 2. The van der Waals surface area contributed by atoms with E-state index in [4.69, 9.17) is 4.74 Å². The van der Waals surface area contributed by atoms with E-state index in [1.54, 1.807) is 18.2 Å². The Bertz CT molecular complexity index is 569. The first-order valence-electron chi connectivity index (χ1n) is 9.03. The minimum absolute atomic E-state index is 0.000997. The average molecular weight is 347 g/mol. The van der Waals surface area contributed by atoms with E-state index in [2.05, 4.69) is 10.6 Å². The van der Waals surface area contributed by atoms with Crippen LogP contribution in [0, 0.1) is 0 Å². The Kier molecular flexibility index (Phi) is 7.73. The first-order chi connectivity index (χ1) is 12.1. The molecule has 6 nitrogen and oxygen atoms in total. The highest BCUT2D eigenvalue weighted by molar-refractivity contribution is 5.94. The van der Waals surface area contributed by atoms with Crippen molar-refractivity contribution in [3.8, 4) is 0 Å². The standard InChI is InChI=1S/C19H29N3O3/c1-22(17-11-6-4-3-5-7-12-17)19(24)21-16-10-8-9-15(13-16)20-18(23)14-25-2/h8-10,13,17H,3-7,11-12,14H2,1-2H3,(H,20,23)(H,21,24). The maximum Gasteiger partial charge on any atom is 0.321 e. The number of urea groups is 1. The predicted octanol–water partition coefficient (Wildman–Crippen LogP) is 3.85. The molecule has 1 saturated carbocycles. The number of benzene rings is 1. The maximum atomic E-state index is 12.6. The van der Waals surface area contributed by atoms with E-state index < -0.39 is 0 Å². The second kappa shape index (κ2) is 10.0. The molecular weight excluding hydrogens is 318 g/mol. The smallest absolute Gasteiger partial charge is 0.321 e. The molecule has 1 aromatic rings. The van der Waals surface area contributed by atoms with Crippen LogP contribution in [0.2, 0.25) is 0 Å². The van der Waals surface area contributed by atoms with Crippen LogP contribution in [-0.4, -0.2) is 43.6 Å². The summed E-state index contributed by atoms with van der Waals surface area (Å²) < 4.78 is 4.80. The van der Waals surface area contributed by atoms with Gasteiger partial charge < -0.3 is 20.3 Å². The van der Waals surface area contributed by atoms with Crippen LogP contribution < -0.4 is 10.6 Å². The number of nitrogens with one attached hydrogen (secondary N) is 2. The quantitative estimate of drug-likeness (QED) is 0.850. The summed E-state index contributed by atoms with van der Waals surface area (Å²) in [6.45, 7) is 0.000997. The number of ether oxygens (including phenoxy) is 1. The van der Waals surface area contributed by atoms with Gasteiger partial charge in [-0.25, -0.2) is 4.79 Å². The van der Waals surface area contributed by atoms with Gasteiger partial charge in [-0.15, -0.1) is 0 Å². The molecule has 0 aliphatic heterocycles. The minimum atomic E-state index is -0.224. The number of methoxy groups -OCH3 is 1. The second-order valence-corrected chi connectivity index (χ2v) is 6.60. The van der Waals surface area contributed by atoms with Crippen molar-refractivity contribution in [3.63, 3.8) is 0 Å². The lowest BCUT2D eigenvalue weighted by atomic mass is 9.96. The summed E-state index contributed by atoms with van der Waals surface area (Å²) in [6, 6.07) is 7.33. The highest BCUT2D eigenvalue weighted by Gasteiger charge is 2.20. The molecule has 3 amide bonds. The highest BCUT2D eigenvalue weighted by atomic mass is 16.5. The summed E-state index contributed by atoms with van der Waals surface area (Å²) in [4.78, 5) is 26.0. The van der Waals surface area contributed by atoms with Gasteiger partial charge in [0, 0.05) is 31.6 Å². The SMILES string of the molecule is COCC(=O)Nc1cccc(NC(=O)N(C)C2CCCCCCC2)c1. The third kappa shape index (κ3) is 6.38. The van der Waals surface area contributed by atoms with Crippen LogP contribution in [0.3, 0.4) is 0 Å². The van der Waals surface area contributed by atoms with Crippen LogP contribution in [0.5, 0.6) is 0 Å². The molecule has 0 bridgehead atoms. The molecule has 138 valence electrons. The summed E-state index contributed by atoms with van der Waals surface area (Å²) in [5.74, 6) is -0.224. The summed E-state index contributed by atoms with van der Waals surface area (Å²) >= 11 is 0. The summed E-state index contributed by atoms with van der Waals surface area (Å²) in [5, 5.41) is 5.66. The van der Waals surface area contributed by atoms with E-state index in [1.165, 1.54) is 39.2 Å². The number of nitrogens with zero attached hydrogens (tertiary/aromatic N) is 1. The summed E-state index contributed by atoms with van der Waals surface area (Å²) in [7, 11) is 3.34. The zero-order chi connectivity index (χ0) is 18.1. The normalized spacial score (nSPS) is 15.8. The lowest BCUT2D eigenvalue weighted by molar-refractivity contribution is -0.119. The van der Waals surface area contributed by atoms with Crippen LogP contribution in [-0.2, 0) is 9.53 Å². The van der Waals surface area contributed by atoms with Gasteiger partial charge in [0.1, 0.15) is 6.61 Å². The van der Waals surface area contributed by atoms with Gasteiger partial charge in [0.15, 0.2) is 0 Å². The fraction of sp³-hybridized carbons (Fsp3) is 0.579. The molecule has 0 atom stereocenters. The minimum Gasteiger partial charge on any atom is -0.375 e. The van der Waals surface area contributed by atoms with Gasteiger partial charge in [-0.1, -0.05) is 38.2 Å². The van der Waals surface area contributed by atoms with Crippen LogP contribution in [0.1, 0.15) is 44.9 Å². The zero-order valence-corrected chi connectivity index (χ0v) is 15.2. The van der Waals surface area contributed by atoms with Crippen LogP contribution in [0.25, 0.3) is 0 Å². The maximum absolute atomic E-state index is 12.6. The molecule has 1 aromatic carbocycles. The molecule has 2 N–H and O–H groups in total. The van der Waals surface area contributed by atoms with Gasteiger partial charge in [0.25, 0.3) is 0 Å². The average Bonchev–Trinajstić information content (AvgIpc) is 2.54. The number of carbonyl (C=O) groups excluding carboxylic acids is 2. The first kappa shape index (κ1) is 19.2. The zero-order valence-electron chi connectivity index (χ0n) is 15.2. The molecule has 1 aliphatic carbocycles. The van der Waals surface area contributed by atoms with Crippen molar-refractivity contribution in [2.45, 2.75) is 51.0 Å². The number of hydrogen-bond acceptors (Lipinski definition) is 3. The van der Waals surface area contributed by atoms with E-state index in [1.807, 2.05) is 18.0 Å². The van der Waals surface area contributed by atoms with E-state index in [0.717, 1.165) is 12.8 Å². The molecule has 6 heteroatoms. The number of amides is 3. The van der Waals surface area contributed by atoms with Gasteiger partial charge in [0.05, 0.1) is 0 Å². The van der Waals surface area contributed by atoms with Crippen molar-refractivity contribution in [1.82, 2.24) is 4.90 Å². The third-order valence-corrected chi connectivity index (χ3v) is 4.62. The second-order valence-electron chi connectivity index (χ2n) is 6.60. The van der Waals surface area contributed by atoms with Crippen LogP contribution >= 0.6 is 0 Å². The molecule has 0 unspecified atom stereocenters. The van der Waals surface area contributed by atoms with Crippen molar-refractivity contribution in [3.05, 3.63) is 24.3 Å². The molecule has 25 heavy (non-hydrogen) atoms. The molecule has 0 saturated heterocycles. The monoisotopic (exact) mass is 347 g/mol. The van der Waals surface area contributed by atoms with E-state index >= 15 is 0 Å². The third-order valence-electron chi connectivity index (χ3n) is 4.62. The van der Waals surface area contributed by atoms with E-state index in [-0.39, 0.29) is 18.5 Å². The van der Waals surface area contributed by atoms with Crippen molar-refractivity contribution in [1.29, 1.82) is 0 Å². The van der Waals surface area contributed by atoms with Gasteiger partial charge in [0.2, 0.25) is 5.91 Å². The number of rotatable bonds is 5. The fourth-order valence-corrected chi connectivity index (χ4v) is 3.20. The Balaban J connectivity index is 1.93. The fourth-order valence-electron chi connectivity index (χ4n) is 3.20. The number of hydrogen-bond donors (Lipinski definition) is 2. The lowest BCUT2D eigenvalue weighted by Crippen LogP contribution is -2.40. The van der Waals surface area contributed by atoms with E-state index in [9.17, 15) is 9.59 Å².